The van der Waals surface area contributed by atoms with Crippen molar-refractivity contribution in [2.45, 2.75) is 46.6 Å². The molecule has 112 valence electrons. The highest BCUT2D eigenvalue weighted by Gasteiger charge is 2.24. The van der Waals surface area contributed by atoms with Crippen LogP contribution in [-0.4, -0.2) is 61.0 Å². The van der Waals surface area contributed by atoms with Gasteiger partial charge in [-0.3, -0.25) is 9.69 Å². The van der Waals surface area contributed by atoms with E-state index in [-0.39, 0.29) is 0 Å². The number of carbonyl (C=O) groups is 1. The van der Waals surface area contributed by atoms with Crippen molar-refractivity contribution in [3.8, 4) is 0 Å². The summed E-state index contributed by atoms with van der Waals surface area (Å²) in [4.78, 5) is 17.0. The highest BCUT2D eigenvalue weighted by molar-refractivity contribution is 5.78. The first kappa shape index (κ1) is 16.4. The van der Waals surface area contributed by atoms with Crippen molar-refractivity contribution < 1.29 is 4.79 Å². The highest BCUT2D eigenvalue weighted by Crippen LogP contribution is 2.12. The van der Waals surface area contributed by atoms with Crippen LogP contribution in [0.15, 0.2) is 0 Å². The van der Waals surface area contributed by atoms with Crippen LogP contribution in [0.2, 0.25) is 0 Å². The molecule has 0 bridgehead atoms. The van der Waals surface area contributed by atoms with Crippen molar-refractivity contribution in [3.63, 3.8) is 0 Å². The van der Waals surface area contributed by atoms with Gasteiger partial charge in [-0.2, -0.15) is 0 Å². The van der Waals surface area contributed by atoms with E-state index in [1.54, 1.807) is 0 Å². The van der Waals surface area contributed by atoms with Gasteiger partial charge in [-0.25, -0.2) is 0 Å². The number of rotatable bonds is 7. The summed E-state index contributed by atoms with van der Waals surface area (Å²) in [6, 6.07) is 0.401. The zero-order valence-corrected chi connectivity index (χ0v) is 13.1. The molecule has 1 heterocycles. The molecule has 4 heteroatoms. The van der Waals surface area contributed by atoms with Gasteiger partial charge in [0, 0.05) is 38.8 Å². The molecule has 19 heavy (non-hydrogen) atoms. The molecule has 0 aromatic carbocycles. The second kappa shape index (κ2) is 8.54. The minimum atomic E-state index is 0.310. The van der Waals surface area contributed by atoms with Crippen molar-refractivity contribution in [2.75, 3.05) is 39.3 Å². The molecule has 0 aromatic rings. The molecule has 1 fully saturated rings. The fraction of sp³-hybridized carbons (Fsp3) is 0.933. The minimum Gasteiger partial charge on any atom is -0.338 e. The fourth-order valence-electron chi connectivity index (χ4n) is 2.73. The smallest absolute Gasteiger partial charge is 0.237 e. The molecule has 0 spiro atoms. The number of amides is 1. The molecule has 0 aromatic heterocycles. The average molecular weight is 269 g/mol. The average Bonchev–Trinajstić information content (AvgIpc) is 2.39. The first-order valence-electron chi connectivity index (χ1n) is 7.81. The Morgan fingerprint density at radius 3 is 2.26 bits per heavy atom. The van der Waals surface area contributed by atoms with Crippen LogP contribution in [-0.2, 0) is 4.79 Å². The molecule has 0 atom stereocenters. The second-order valence-corrected chi connectivity index (χ2v) is 5.94. The van der Waals surface area contributed by atoms with E-state index in [1.165, 1.54) is 0 Å². The van der Waals surface area contributed by atoms with E-state index in [0.29, 0.717) is 24.4 Å². The Morgan fingerprint density at radius 1 is 1.21 bits per heavy atom. The molecule has 1 aliphatic rings. The summed E-state index contributed by atoms with van der Waals surface area (Å²) in [5.41, 5.74) is 0. The van der Waals surface area contributed by atoms with E-state index in [0.717, 1.165) is 45.6 Å². The molecule has 1 saturated heterocycles. The zero-order chi connectivity index (χ0) is 14.3. The van der Waals surface area contributed by atoms with Crippen molar-refractivity contribution in [2.24, 2.45) is 5.92 Å². The van der Waals surface area contributed by atoms with Crippen LogP contribution in [0.1, 0.15) is 40.5 Å². The lowest BCUT2D eigenvalue weighted by molar-refractivity contribution is -0.135. The number of hydrogen-bond acceptors (Lipinski definition) is 3. The molecule has 1 rings (SSSR count). The van der Waals surface area contributed by atoms with Crippen LogP contribution in [0.4, 0.5) is 0 Å². The Labute approximate surface area is 118 Å². The first-order valence-corrected chi connectivity index (χ1v) is 7.81. The number of nitrogens with zero attached hydrogens (tertiary/aromatic N) is 2. The number of nitrogens with one attached hydrogen (secondary N) is 1. The summed E-state index contributed by atoms with van der Waals surface area (Å²) in [5, 5.41) is 3.33. The molecule has 4 nitrogen and oxygen atoms in total. The van der Waals surface area contributed by atoms with E-state index in [2.05, 4.69) is 42.8 Å². The Morgan fingerprint density at radius 2 is 1.79 bits per heavy atom. The summed E-state index contributed by atoms with van der Waals surface area (Å²) in [6.07, 6.45) is 2.10. The Balaban J connectivity index is 2.58. The zero-order valence-electron chi connectivity index (χ0n) is 13.1. The molecular formula is C15H31N3O. The third-order valence-corrected chi connectivity index (χ3v) is 3.83. The molecule has 0 saturated carbocycles. The summed E-state index contributed by atoms with van der Waals surface area (Å²) in [5.74, 6) is 0.844. The fourth-order valence-corrected chi connectivity index (χ4v) is 2.73. The van der Waals surface area contributed by atoms with Gasteiger partial charge < -0.3 is 10.2 Å². The maximum Gasteiger partial charge on any atom is 0.237 e. The lowest BCUT2D eigenvalue weighted by Gasteiger charge is -2.35. The van der Waals surface area contributed by atoms with Crippen LogP contribution >= 0.6 is 0 Å². The maximum atomic E-state index is 12.6. The summed E-state index contributed by atoms with van der Waals surface area (Å²) >= 11 is 0. The Bertz CT molecular complexity index is 258. The molecule has 0 aliphatic carbocycles. The van der Waals surface area contributed by atoms with Crippen molar-refractivity contribution in [1.29, 1.82) is 0 Å². The molecule has 1 N–H and O–H groups in total. The van der Waals surface area contributed by atoms with Crippen molar-refractivity contribution in [1.82, 2.24) is 15.1 Å². The molecule has 0 unspecified atom stereocenters. The van der Waals surface area contributed by atoms with Crippen molar-refractivity contribution >= 4 is 5.91 Å². The number of hydrogen-bond donors (Lipinski definition) is 1. The maximum absolute atomic E-state index is 12.6. The minimum absolute atomic E-state index is 0.310. The lowest BCUT2D eigenvalue weighted by atomic mass is 10.1. The first-order chi connectivity index (χ1) is 9.08. The largest absolute Gasteiger partial charge is 0.338 e. The SMILES string of the molecule is CCC(CC)N(CC(C)C)C(=O)CN1CCNCC1. The van der Waals surface area contributed by atoms with E-state index in [1.807, 2.05) is 0 Å². The van der Waals surface area contributed by atoms with E-state index in [9.17, 15) is 4.79 Å². The predicted octanol–water partition coefficient (Wildman–Crippen LogP) is 1.56. The third-order valence-electron chi connectivity index (χ3n) is 3.83. The van der Waals surface area contributed by atoms with E-state index < -0.39 is 0 Å². The Hall–Kier alpha value is -0.610. The van der Waals surface area contributed by atoms with Crippen LogP contribution in [0.3, 0.4) is 0 Å². The molecule has 0 radical (unpaired) electrons. The van der Waals surface area contributed by atoms with Gasteiger partial charge in [0.2, 0.25) is 5.91 Å². The van der Waals surface area contributed by atoms with Crippen LogP contribution in [0, 0.1) is 5.92 Å². The molecule has 1 aliphatic heterocycles. The Kier molecular flexibility index (Phi) is 7.39. The van der Waals surface area contributed by atoms with E-state index >= 15 is 0 Å². The van der Waals surface area contributed by atoms with Crippen LogP contribution in [0.25, 0.3) is 0 Å². The summed E-state index contributed by atoms with van der Waals surface area (Å²) in [7, 11) is 0. The third kappa shape index (κ3) is 5.49. The summed E-state index contributed by atoms with van der Waals surface area (Å²) < 4.78 is 0. The molecule has 1 amide bonds. The molecular weight excluding hydrogens is 238 g/mol. The van der Waals surface area contributed by atoms with Crippen LogP contribution in [0.5, 0.6) is 0 Å². The van der Waals surface area contributed by atoms with Gasteiger partial charge in [0.25, 0.3) is 0 Å². The summed E-state index contributed by atoms with van der Waals surface area (Å²) in [6.45, 7) is 14.2. The van der Waals surface area contributed by atoms with Crippen molar-refractivity contribution in [3.05, 3.63) is 0 Å². The second-order valence-electron chi connectivity index (χ2n) is 5.94. The number of carbonyl (C=O) groups excluding carboxylic acids is 1. The van der Waals surface area contributed by atoms with E-state index in [4.69, 9.17) is 0 Å². The standard InChI is InChI=1S/C15H31N3O/c1-5-14(6-2)18(11-13(3)4)15(19)12-17-9-7-16-8-10-17/h13-14,16H,5-12H2,1-4H3. The number of piperazine rings is 1. The highest BCUT2D eigenvalue weighted by atomic mass is 16.2. The van der Waals surface area contributed by atoms with Gasteiger partial charge in [0.15, 0.2) is 0 Å². The van der Waals surface area contributed by atoms with Gasteiger partial charge in [-0.15, -0.1) is 0 Å². The topological polar surface area (TPSA) is 35.6 Å². The monoisotopic (exact) mass is 269 g/mol. The quantitative estimate of drug-likeness (QED) is 0.762. The van der Waals surface area contributed by atoms with Gasteiger partial charge in [0.1, 0.15) is 0 Å². The lowest BCUT2D eigenvalue weighted by Crippen LogP contribution is -2.51. The van der Waals surface area contributed by atoms with Gasteiger partial charge in [0.05, 0.1) is 6.54 Å². The predicted molar refractivity (Wildman–Crippen MR) is 80.2 cm³/mol. The van der Waals surface area contributed by atoms with Crippen LogP contribution < -0.4 is 5.32 Å². The normalized spacial score (nSPS) is 17.2. The van der Waals surface area contributed by atoms with Gasteiger partial charge in [-0.1, -0.05) is 27.7 Å². The van der Waals surface area contributed by atoms with Gasteiger partial charge in [-0.05, 0) is 18.8 Å². The van der Waals surface area contributed by atoms with Gasteiger partial charge >= 0.3 is 0 Å².